The summed E-state index contributed by atoms with van der Waals surface area (Å²) in [5, 5.41) is 0.517. The normalized spacial score (nSPS) is 16.5. The van der Waals surface area contributed by atoms with Gasteiger partial charge >= 0.3 is 0 Å². The van der Waals surface area contributed by atoms with Crippen molar-refractivity contribution in [3.63, 3.8) is 0 Å². The molecule has 0 radical (unpaired) electrons. The predicted octanol–water partition coefficient (Wildman–Crippen LogP) is 5.34. The third kappa shape index (κ3) is 5.01. The number of aromatic nitrogens is 2. The molecule has 10 heteroatoms. The minimum absolute atomic E-state index is 0.0334. The molecule has 1 atom stereocenters. The number of pyridine rings is 1. The fourth-order valence-electron chi connectivity index (χ4n) is 4.65. The molecule has 1 fully saturated rings. The van der Waals surface area contributed by atoms with Crippen molar-refractivity contribution in [3.05, 3.63) is 83.9 Å². The standard InChI is InChI=1S/C27H27FN4O3S2/c1-18(2)22-7-3-9-24-25(22)30-27(36-24)31(17-19-6-4-14-29-16-19)26(33)23-8-5-15-32(23)37(34,35)21-12-10-20(28)11-13-21/h3-4,6-7,9-14,16,18,23H,5,8,15,17H2,1-2H3. The molecule has 1 aliphatic rings. The number of benzene rings is 2. The molecule has 1 amide bonds. The Labute approximate surface area is 219 Å². The van der Waals surface area contributed by atoms with E-state index < -0.39 is 21.9 Å². The molecule has 1 unspecified atom stereocenters. The summed E-state index contributed by atoms with van der Waals surface area (Å²) in [6.07, 6.45) is 4.30. The van der Waals surface area contributed by atoms with E-state index in [1.807, 2.05) is 24.3 Å². The number of para-hydroxylation sites is 1. The van der Waals surface area contributed by atoms with E-state index in [4.69, 9.17) is 4.98 Å². The van der Waals surface area contributed by atoms with Crippen molar-refractivity contribution in [3.8, 4) is 0 Å². The van der Waals surface area contributed by atoms with Crippen LogP contribution < -0.4 is 4.90 Å². The molecule has 1 saturated heterocycles. The highest BCUT2D eigenvalue weighted by molar-refractivity contribution is 7.89. The van der Waals surface area contributed by atoms with Gasteiger partial charge in [-0.3, -0.25) is 14.7 Å². The monoisotopic (exact) mass is 538 g/mol. The maximum absolute atomic E-state index is 14.1. The van der Waals surface area contributed by atoms with Crippen molar-refractivity contribution >= 4 is 42.6 Å². The summed E-state index contributed by atoms with van der Waals surface area (Å²) in [6, 6.07) is 13.5. The average Bonchev–Trinajstić information content (AvgIpc) is 3.55. The number of amides is 1. The second-order valence-corrected chi connectivity index (χ2v) is 12.3. The molecule has 5 rings (SSSR count). The molecule has 4 aromatic rings. The Hall–Kier alpha value is -3.21. The molecule has 2 aromatic heterocycles. The number of sulfonamides is 1. The zero-order valence-corrected chi connectivity index (χ0v) is 22.2. The van der Waals surface area contributed by atoms with Gasteiger partial charge in [-0.25, -0.2) is 17.8 Å². The summed E-state index contributed by atoms with van der Waals surface area (Å²) in [6.45, 7) is 4.63. The van der Waals surface area contributed by atoms with Gasteiger partial charge in [-0.2, -0.15) is 4.31 Å². The number of halogens is 1. The van der Waals surface area contributed by atoms with E-state index in [1.54, 1.807) is 23.4 Å². The highest BCUT2D eigenvalue weighted by atomic mass is 32.2. The summed E-state index contributed by atoms with van der Waals surface area (Å²) in [7, 11) is -3.99. The van der Waals surface area contributed by atoms with Gasteiger partial charge in [0, 0.05) is 18.9 Å². The van der Waals surface area contributed by atoms with Crippen LogP contribution in [0.5, 0.6) is 0 Å². The lowest BCUT2D eigenvalue weighted by molar-refractivity contribution is -0.121. The molecule has 37 heavy (non-hydrogen) atoms. The van der Waals surface area contributed by atoms with Crippen LogP contribution in [-0.4, -0.2) is 41.2 Å². The number of rotatable bonds is 7. The van der Waals surface area contributed by atoms with Crippen LogP contribution in [-0.2, 0) is 21.4 Å². The third-order valence-corrected chi connectivity index (χ3v) is 9.50. The molecule has 0 saturated carbocycles. The summed E-state index contributed by atoms with van der Waals surface area (Å²) in [5.41, 5.74) is 2.75. The van der Waals surface area contributed by atoms with Crippen LogP contribution in [0.1, 0.15) is 43.7 Å². The lowest BCUT2D eigenvalue weighted by Crippen LogP contribution is -2.47. The Kier molecular flexibility index (Phi) is 7.06. The van der Waals surface area contributed by atoms with E-state index in [0.717, 1.165) is 33.5 Å². The smallest absolute Gasteiger partial charge is 0.247 e. The largest absolute Gasteiger partial charge is 0.282 e. The third-order valence-electron chi connectivity index (χ3n) is 6.53. The van der Waals surface area contributed by atoms with Gasteiger partial charge in [0.1, 0.15) is 11.9 Å². The Morgan fingerprint density at radius 3 is 2.65 bits per heavy atom. The first-order valence-corrected chi connectivity index (χ1v) is 14.4. The average molecular weight is 539 g/mol. The SMILES string of the molecule is CC(C)c1cccc2sc(N(Cc3cccnc3)C(=O)C3CCCN3S(=O)(=O)c3ccc(F)cc3)nc12. The molecule has 0 N–H and O–H groups in total. The molecule has 192 valence electrons. The summed E-state index contributed by atoms with van der Waals surface area (Å²) < 4.78 is 42.5. The molecular formula is C27H27FN4O3S2. The highest BCUT2D eigenvalue weighted by Gasteiger charge is 2.42. The Balaban J connectivity index is 1.54. The zero-order valence-electron chi connectivity index (χ0n) is 20.5. The van der Waals surface area contributed by atoms with Crippen molar-refractivity contribution in [2.24, 2.45) is 0 Å². The molecular weight excluding hydrogens is 511 g/mol. The Morgan fingerprint density at radius 1 is 1.16 bits per heavy atom. The molecule has 0 aliphatic carbocycles. The van der Waals surface area contributed by atoms with Gasteiger partial charge in [-0.15, -0.1) is 0 Å². The van der Waals surface area contributed by atoms with Gasteiger partial charge in [-0.1, -0.05) is 43.4 Å². The minimum atomic E-state index is -3.99. The lowest BCUT2D eigenvalue weighted by Gasteiger charge is -2.28. The fourth-order valence-corrected chi connectivity index (χ4v) is 7.31. The number of thiazole rings is 1. The first-order valence-electron chi connectivity index (χ1n) is 12.1. The topological polar surface area (TPSA) is 83.5 Å². The van der Waals surface area contributed by atoms with Gasteiger partial charge < -0.3 is 0 Å². The number of carbonyl (C=O) groups is 1. The van der Waals surface area contributed by atoms with Gasteiger partial charge in [0.05, 0.1) is 21.7 Å². The van der Waals surface area contributed by atoms with Crippen LogP contribution in [0.4, 0.5) is 9.52 Å². The van der Waals surface area contributed by atoms with Gasteiger partial charge in [0.25, 0.3) is 0 Å². The van der Waals surface area contributed by atoms with E-state index in [0.29, 0.717) is 18.0 Å². The molecule has 0 bridgehead atoms. The summed E-state index contributed by atoms with van der Waals surface area (Å²) >= 11 is 1.41. The number of hydrogen-bond donors (Lipinski definition) is 0. The van der Waals surface area contributed by atoms with E-state index >= 15 is 0 Å². The fraction of sp³-hybridized carbons (Fsp3) is 0.296. The van der Waals surface area contributed by atoms with Crippen LogP contribution in [0, 0.1) is 5.82 Å². The van der Waals surface area contributed by atoms with Gasteiger partial charge in [-0.05, 0) is 66.3 Å². The van der Waals surface area contributed by atoms with Crippen LogP contribution in [0.25, 0.3) is 10.2 Å². The first kappa shape index (κ1) is 25.4. The lowest BCUT2D eigenvalue weighted by atomic mass is 10.0. The van der Waals surface area contributed by atoms with E-state index in [-0.39, 0.29) is 29.8 Å². The molecule has 7 nitrogen and oxygen atoms in total. The van der Waals surface area contributed by atoms with E-state index in [2.05, 4.69) is 18.8 Å². The molecule has 2 aromatic carbocycles. The summed E-state index contributed by atoms with van der Waals surface area (Å²) in [5.74, 6) is -0.600. The van der Waals surface area contributed by atoms with Crippen molar-refractivity contribution in [1.82, 2.24) is 14.3 Å². The maximum atomic E-state index is 14.1. The van der Waals surface area contributed by atoms with Crippen LogP contribution in [0.3, 0.4) is 0 Å². The highest BCUT2D eigenvalue weighted by Crippen LogP contribution is 2.36. The van der Waals surface area contributed by atoms with Crippen LogP contribution in [0.2, 0.25) is 0 Å². The molecule has 1 aliphatic heterocycles. The van der Waals surface area contributed by atoms with Crippen molar-refractivity contribution in [1.29, 1.82) is 0 Å². The van der Waals surface area contributed by atoms with Gasteiger partial charge in [0.15, 0.2) is 5.13 Å². The van der Waals surface area contributed by atoms with Crippen LogP contribution >= 0.6 is 11.3 Å². The first-order chi connectivity index (χ1) is 17.8. The van der Waals surface area contributed by atoms with E-state index in [9.17, 15) is 17.6 Å². The number of carbonyl (C=O) groups excluding carboxylic acids is 1. The Bertz CT molecular complexity index is 1520. The molecule has 3 heterocycles. The maximum Gasteiger partial charge on any atom is 0.247 e. The van der Waals surface area contributed by atoms with Crippen molar-refractivity contribution in [2.45, 2.75) is 50.1 Å². The van der Waals surface area contributed by atoms with Crippen LogP contribution in [0.15, 0.2) is 71.9 Å². The molecule has 0 spiro atoms. The number of hydrogen-bond acceptors (Lipinski definition) is 6. The second-order valence-electron chi connectivity index (χ2n) is 9.36. The number of nitrogens with zero attached hydrogens (tertiary/aromatic N) is 4. The quantitative estimate of drug-likeness (QED) is 0.317. The van der Waals surface area contributed by atoms with Crippen molar-refractivity contribution in [2.75, 3.05) is 11.4 Å². The number of anilines is 1. The number of fused-ring (bicyclic) bond motifs is 1. The predicted molar refractivity (Wildman–Crippen MR) is 142 cm³/mol. The Morgan fingerprint density at radius 2 is 1.95 bits per heavy atom. The van der Waals surface area contributed by atoms with E-state index in [1.165, 1.54) is 27.8 Å². The van der Waals surface area contributed by atoms with Gasteiger partial charge in [0.2, 0.25) is 15.9 Å². The summed E-state index contributed by atoms with van der Waals surface area (Å²) in [4.78, 5) is 24.7. The second kappa shape index (κ2) is 10.3. The minimum Gasteiger partial charge on any atom is -0.282 e. The zero-order chi connectivity index (χ0) is 26.2. The van der Waals surface area contributed by atoms with Crippen molar-refractivity contribution < 1.29 is 17.6 Å².